The summed E-state index contributed by atoms with van der Waals surface area (Å²) < 4.78 is 5.71. The molecule has 0 spiro atoms. The van der Waals surface area contributed by atoms with Crippen LogP contribution in [-0.2, 0) is 9.53 Å². The zero-order chi connectivity index (χ0) is 23.6. The van der Waals surface area contributed by atoms with Gasteiger partial charge < -0.3 is 14.5 Å². The zero-order valence-electron chi connectivity index (χ0n) is 19.2. The summed E-state index contributed by atoms with van der Waals surface area (Å²) in [6, 6.07) is 17.1. The first-order valence-electron chi connectivity index (χ1n) is 11.2. The number of amides is 2. The molecule has 0 saturated carbocycles. The Labute approximate surface area is 204 Å². The van der Waals surface area contributed by atoms with Crippen LogP contribution in [0.25, 0.3) is 0 Å². The van der Waals surface area contributed by atoms with E-state index in [4.69, 9.17) is 16.3 Å². The van der Waals surface area contributed by atoms with E-state index in [2.05, 4.69) is 17.0 Å². The maximum Gasteiger partial charge on any atom is 0.412 e. The fraction of sp³-hybridized carbons (Fsp3) is 0.440. The SMILES string of the molecule is CC(C)(C)OC(=O)N1[C@@H](C(=O)N2CCN(c3ccccc3)CC2)CS[C@H]1c1ccc(Cl)cc1. The number of halogens is 1. The average molecular weight is 488 g/mol. The third-order valence-electron chi connectivity index (χ3n) is 5.76. The molecular formula is C25H30ClN3O3S. The van der Waals surface area contributed by atoms with E-state index in [1.54, 1.807) is 16.7 Å². The van der Waals surface area contributed by atoms with E-state index in [0.29, 0.717) is 23.9 Å². The Hall–Kier alpha value is -2.38. The molecule has 8 heteroatoms. The Morgan fingerprint density at radius 1 is 0.970 bits per heavy atom. The normalized spacial score (nSPS) is 21.3. The lowest BCUT2D eigenvalue weighted by Crippen LogP contribution is -2.55. The summed E-state index contributed by atoms with van der Waals surface area (Å²) in [6.07, 6.45) is -0.464. The molecule has 2 aromatic carbocycles. The number of benzene rings is 2. The van der Waals surface area contributed by atoms with Crippen molar-refractivity contribution in [1.29, 1.82) is 0 Å². The van der Waals surface area contributed by atoms with Crippen LogP contribution in [-0.4, -0.2) is 65.4 Å². The molecule has 0 radical (unpaired) electrons. The topological polar surface area (TPSA) is 53.1 Å². The lowest BCUT2D eigenvalue weighted by molar-refractivity contribution is -0.136. The first kappa shape index (κ1) is 23.8. The molecule has 2 atom stereocenters. The molecule has 176 valence electrons. The zero-order valence-corrected chi connectivity index (χ0v) is 20.8. The molecule has 2 fully saturated rings. The molecule has 0 unspecified atom stereocenters. The average Bonchev–Trinajstić information content (AvgIpc) is 3.24. The number of hydrogen-bond acceptors (Lipinski definition) is 5. The molecule has 2 aliphatic heterocycles. The first-order chi connectivity index (χ1) is 15.7. The Kier molecular flexibility index (Phi) is 7.10. The van der Waals surface area contributed by atoms with Crippen LogP contribution in [0.5, 0.6) is 0 Å². The maximum atomic E-state index is 13.6. The summed E-state index contributed by atoms with van der Waals surface area (Å²) in [6.45, 7) is 8.30. The molecule has 6 nitrogen and oxygen atoms in total. The lowest BCUT2D eigenvalue weighted by atomic mass is 10.1. The van der Waals surface area contributed by atoms with Gasteiger partial charge in [-0.2, -0.15) is 0 Å². The second-order valence-corrected chi connectivity index (χ2v) is 10.8. The van der Waals surface area contributed by atoms with Crippen LogP contribution in [0, 0.1) is 0 Å². The van der Waals surface area contributed by atoms with E-state index in [9.17, 15) is 9.59 Å². The fourth-order valence-corrected chi connectivity index (χ4v) is 5.69. The van der Waals surface area contributed by atoms with E-state index < -0.39 is 17.7 Å². The Bertz CT molecular complexity index is 973. The van der Waals surface area contributed by atoms with Gasteiger partial charge in [0.2, 0.25) is 5.91 Å². The smallest absolute Gasteiger partial charge is 0.412 e. The van der Waals surface area contributed by atoms with Gasteiger partial charge in [-0.3, -0.25) is 9.69 Å². The highest BCUT2D eigenvalue weighted by Crippen LogP contribution is 2.43. The number of anilines is 1. The third-order valence-corrected chi connectivity index (χ3v) is 7.33. The van der Waals surface area contributed by atoms with Gasteiger partial charge in [-0.05, 0) is 50.6 Å². The van der Waals surface area contributed by atoms with E-state index >= 15 is 0 Å². The van der Waals surface area contributed by atoms with Gasteiger partial charge in [0, 0.05) is 42.6 Å². The molecule has 2 aliphatic rings. The van der Waals surface area contributed by atoms with Gasteiger partial charge in [0.15, 0.2) is 0 Å². The largest absolute Gasteiger partial charge is 0.444 e. The van der Waals surface area contributed by atoms with Crippen molar-refractivity contribution in [3.63, 3.8) is 0 Å². The lowest BCUT2D eigenvalue weighted by Gasteiger charge is -2.39. The summed E-state index contributed by atoms with van der Waals surface area (Å²) in [5.74, 6) is 0.516. The summed E-state index contributed by atoms with van der Waals surface area (Å²) >= 11 is 7.65. The number of piperazine rings is 1. The van der Waals surface area contributed by atoms with Crippen LogP contribution in [0.4, 0.5) is 10.5 Å². The van der Waals surface area contributed by atoms with Crippen LogP contribution in [0.3, 0.4) is 0 Å². The van der Waals surface area contributed by atoms with Crippen molar-refractivity contribution in [2.24, 2.45) is 0 Å². The van der Waals surface area contributed by atoms with Gasteiger partial charge in [-0.15, -0.1) is 11.8 Å². The Balaban J connectivity index is 1.50. The van der Waals surface area contributed by atoms with Crippen molar-refractivity contribution >= 4 is 41.1 Å². The number of ether oxygens (including phenoxy) is 1. The number of para-hydroxylation sites is 1. The number of thioether (sulfide) groups is 1. The van der Waals surface area contributed by atoms with E-state index in [1.807, 2.05) is 68.1 Å². The second-order valence-electron chi connectivity index (χ2n) is 9.29. The number of nitrogens with zero attached hydrogens (tertiary/aromatic N) is 3. The van der Waals surface area contributed by atoms with Gasteiger partial charge in [0.25, 0.3) is 0 Å². The van der Waals surface area contributed by atoms with Crippen LogP contribution < -0.4 is 4.90 Å². The quantitative estimate of drug-likeness (QED) is 0.607. The Morgan fingerprint density at radius 3 is 2.21 bits per heavy atom. The van der Waals surface area contributed by atoms with Crippen molar-refractivity contribution < 1.29 is 14.3 Å². The molecular weight excluding hydrogens is 458 g/mol. The van der Waals surface area contributed by atoms with Crippen LogP contribution >= 0.6 is 23.4 Å². The molecule has 2 aromatic rings. The third kappa shape index (κ3) is 5.58. The summed E-state index contributed by atoms with van der Waals surface area (Å²) in [5.41, 5.74) is 1.45. The van der Waals surface area contributed by atoms with Crippen LogP contribution in [0.15, 0.2) is 54.6 Å². The highest BCUT2D eigenvalue weighted by Gasteiger charge is 2.45. The minimum atomic E-state index is -0.649. The van der Waals surface area contributed by atoms with Crippen molar-refractivity contribution in [2.45, 2.75) is 37.8 Å². The molecule has 2 heterocycles. The van der Waals surface area contributed by atoms with E-state index in [-0.39, 0.29) is 11.3 Å². The molecule has 0 bridgehead atoms. The van der Waals surface area contributed by atoms with Crippen molar-refractivity contribution in [3.8, 4) is 0 Å². The minimum absolute atomic E-state index is 0.0162. The molecule has 0 aromatic heterocycles. The monoisotopic (exact) mass is 487 g/mol. The minimum Gasteiger partial charge on any atom is -0.444 e. The van der Waals surface area contributed by atoms with E-state index in [0.717, 1.165) is 18.7 Å². The first-order valence-corrected chi connectivity index (χ1v) is 12.6. The van der Waals surface area contributed by atoms with Gasteiger partial charge in [0.1, 0.15) is 17.0 Å². The fourth-order valence-electron chi connectivity index (χ4n) is 4.15. The molecule has 0 aliphatic carbocycles. The summed E-state index contributed by atoms with van der Waals surface area (Å²) in [5, 5.41) is 0.339. The summed E-state index contributed by atoms with van der Waals surface area (Å²) in [7, 11) is 0. The standard InChI is InChI=1S/C25H30ClN3O3S/c1-25(2,3)32-24(31)29-21(17-33-23(29)18-9-11-19(26)12-10-18)22(30)28-15-13-27(14-16-28)20-7-5-4-6-8-20/h4-12,21,23H,13-17H2,1-3H3/t21-,23+/m1/s1. The number of hydrogen-bond donors (Lipinski definition) is 0. The van der Waals surface area contributed by atoms with Gasteiger partial charge in [-0.1, -0.05) is 41.9 Å². The van der Waals surface area contributed by atoms with Crippen molar-refractivity contribution in [2.75, 3.05) is 36.8 Å². The highest BCUT2D eigenvalue weighted by molar-refractivity contribution is 7.99. The molecule has 4 rings (SSSR count). The predicted octanol–water partition coefficient (Wildman–Crippen LogP) is 5.04. The van der Waals surface area contributed by atoms with Gasteiger partial charge >= 0.3 is 6.09 Å². The number of carbonyl (C=O) groups is 2. The van der Waals surface area contributed by atoms with Crippen LogP contribution in [0.1, 0.15) is 31.7 Å². The van der Waals surface area contributed by atoms with Crippen molar-refractivity contribution in [3.05, 3.63) is 65.2 Å². The molecule has 33 heavy (non-hydrogen) atoms. The molecule has 0 N–H and O–H groups in total. The van der Waals surface area contributed by atoms with E-state index in [1.165, 1.54) is 5.69 Å². The van der Waals surface area contributed by atoms with Crippen LogP contribution in [0.2, 0.25) is 5.02 Å². The predicted molar refractivity (Wildman–Crippen MR) is 134 cm³/mol. The highest BCUT2D eigenvalue weighted by atomic mass is 35.5. The van der Waals surface area contributed by atoms with Gasteiger partial charge in [0.05, 0.1) is 0 Å². The molecule has 2 amide bonds. The summed E-state index contributed by atoms with van der Waals surface area (Å²) in [4.78, 5) is 32.6. The number of rotatable bonds is 3. The van der Waals surface area contributed by atoms with Crippen molar-refractivity contribution in [1.82, 2.24) is 9.80 Å². The van der Waals surface area contributed by atoms with Gasteiger partial charge in [-0.25, -0.2) is 4.79 Å². The maximum absolute atomic E-state index is 13.6. The second kappa shape index (κ2) is 9.85. The molecule has 2 saturated heterocycles. The Morgan fingerprint density at radius 2 is 1.61 bits per heavy atom. The number of carbonyl (C=O) groups excluding carboxylic acids is 2.